The average molecular weight is 927 g/mol. The second-order valence-corrected chi connectivity index (χ2v) is 21.0. The molecule has 0 aromatic rings. The zero-order valence-corrected chi connectivity index (χ0v) is 43.7. The molecule has 64 heavy (non-hydrogen) atoms. The zero-order chi connectivity index (χ0) is 46.7. The Morgan fingerprint density at radius 1 is 0.500 bits per heavy atom. The zero-order valence-electron chi connectivity index (χ0n) is 42.8. The molecule has 9 heteroatoms. The molecule has 0 heterocycles. The average Bonchev–Trinajstić information content (AvgIpc) is 3.29. The summed E-state index contributed by atoms with van der Waals surface area (Å²) in [6, 6.07) is -0.854. The standard InChI is InChI=1S/C55H111N2O6P/c1-3-5-7-9-11-13-14-15-16-17-18-19-20-21-22-23-24-25-26-27-28-29-30-31-32-33-34-35-36-37-38-39-41-43-45-47-49-55(59)57-53(52-63-64(60,61)62-51-50-56)54(58)48-46-44-42-40-12-10-8-6-4-2/h46,48,53-54,58H,3-45,47,49-52,56H2,1-2H3,(H,57,59)(H,60,61)/b48-46+/t53-,54+/m0/s1. The first-order valence-corrected chi connectivity index (χ1v) is 29.8. The molecule has 382 valence electrons. The van der Waals surface area contributed by atoms with Crippen LogP contribution in [0.3, 0.4) is 0 Å². The highest BCUT2D eigenvalue weighted by molar-refractivity contribution is 7.47. The van der Waals surface area contributed by atoms with Gasteiger partial charge in [0.2, 0.25) is 5.91 Å². The van der Waals surface area contributed by atoms with Gasteiger partial charge in [0.15, 0.2) is 0 Å². The first-order valence-electron chi connectivity index (χ1n) is 28.3. The van der Waals surface area contributed by atoms with E-state index in [9.17, 15) is 19.4 Å². The van der Waals surface area contributed by atoms with Gasteiger partial charge in [0.25, 0.3) is 0 Å². The van der Waals surface area contributed by atoms with Crippen molar-refractivity contribution < 1.29 is 28.4 Å². The lowest BCUT2D eigenvalue weighted by molar-refractivity contribution is -0.123. The van der Waals surface area contributed by atoms with Gasteiger partial charge in [-0.25, -0.2) is 4.57 Å². The first-order chi connectivity index (χ1) is 31.4. The molecule has 1 amide bonds. The summed E-state index contributed by atoms with van der Waals surface area (Å²) in [6.07, 6.45) is 62.0. The summed E-state index contributed by atoms with van der Waals surface area (Å²) in [6.45, 7) is 4.14. The Morgan fingerprint density at radius 2 is 0.797 bits per heavy atom. The van der Waals surface area contributed by atoms with Crippen molar-refractivity contribution in [3.05, 3.63) is 12.2 Å². The Morgan fingerprint density at radius 3 is 1.11 bits per heavy atom. The molecule has 0 aliphatic carbocycles. The third-order valence-electron chi connectivity index (χ3n) is 13.1. The van der Waals surface area contributed by atoms with E-state index in [-0.39, 0.29) is 25.7 Å². The normalized spacial score (nSPS) is 13.8. The molecule has 0 aliphatic heterocycles. The Hall–Kier alpha value is -0.760. The van der Waals surface area contributed by atoms with Crippen LogP contribution in [0.1, 0.15) is 303 Å². The molecule has 0 aromatic carbocycles. The maximum absolute atomic E-state index is 12.8. The van der Waals surface area contributed by atoms with Gasteiger partial charge in [-0.1, -0.05) is 289 Å². The Balaban J connectivity index is 3.67. The topological polar surface area (TPSA) is 131 Å². The van der Waals surface area contributed by atoms with Gasteiger partial charge < -0.3 is 21.1 Å². The SMILES string of the molecule is CCCCCCCCC/C=C/[C@@H](O)[C@H](COP(=O)(O)OCCN)NC(=O)CCCCCCCCCCCCCCCCCCCCCCCCCCCCCCCCCCCCCC. The highest BCUT2D eigenvalue weighted by Gasteiger charge is 2.27. The van der Waals surface area contributed by atoms with E-state index in [2.05, 4.69) is 19.2 Å². The quantitative estimate of drug-likeness (QED) is 0.0271. The maximum atomic E-state index is 12.8. The van der Waals surface area contributed by atoms with Gasteiger partial charge in [-0.2, -0.15) is 0 Å². The molecule has 3 atom stereocenters. The summed E-state index contributed by atoms with van der Waals surface area (Å²) < 4.78 is 22.1. The molecule has 5 N–H and O–H groups in total. The first kappa shape index (κ1) is 63.2. The van der Waals surface area contributed by atoms with E-state index in [1.165, 1.54) is 244 Å². The molecule has 0 saturated carbocycles. The van der Waals surface area contributed by atoms with Crippen molar-refractivity contribution in [2.75, 3.05) is 19.8 Å². The number of nitrogens with two attached hydrogens (primary N) is 1. The van der Waals surface area contributed by atoms with E-state index in [0.717, 1.165) is 38.5 Å². The molecule has 1 unspecified atom stereocenters. The number of phosphoric acid groups is 1. The number of phosphoric ester groups is 1. The molecular weight excluding hydrogens is 816 g/mol. The van der Waals surface area contributed by atoms with E-state index in [0.29, 0.717) is 6.42 Å². The number of carbonyl (C=O) groups excluding carboxylic acids is 1. The third kappa shape index (κ3) is 49.2. The molecule has 0 spiro atoms. The molecular formula is C55H111N2O6P. The van der Waals surface area contributed by atoms with Gasteiger partial charge in [-0.05, 0) is 19.3 Å². The molecule has 8 nitrogen and oxygen atoms in total. The maximum Gasteiger partial charge on any atom is 0.472 e. The van der Waals surface area contributed by atoms with E-state index in [1.807, 2.05) is 6.08 Å². The summed E-state index contributed by atoms with van der Waals surface area (Å²) >= 11 is 0. The summed E-state index contributed by atoms with van der Waals surface area (Å²) in [5.74, 6) is -0.190. The van der Waals surface area contributed by atoms with E-state index >= 15 is 0 Å². The van der Waals surface area contributed by atoms with Gasteiger partial charge >= 0.3 is 7.82 Å². The lowest BCUT2D eigenvalue weighted by Gasteiger charge is -2.23. The van der Waals surface area contributed by atoms with Crippen molar-refractivity contribution in [2.24, 2.45) is 5.73 Å². The predicted octanol–water partition coefficient (Wildman–Crippen LogP) is 17.1. The highest BCUT2D eigenvalue weighted by atomic mass is 31.2. The van der Waals surface area contributed by atoms with Gasteiger partial charge in [0, 0.05) is 13.0 Å². The molecule has 0 rings (SSSR count). The smallest absolute Gasteiger partial charge is 0.387 e. The van der Waals surface area contributed by atoms with Crippen LogP contribution in [-0.2, 0) is 18.4 Å². The Bertz CT molecular complexity index is 1020. The summed E-state index contributed by atoms with van der Waals surface area (Å²) in [7, 11) is -4.33. The summed E-state index contributed by atoms with van der Waals surface area (Å²) in [4.78, 5) is 22.7. The van der Waals surface area contributed by atoms with Gasteiger partial charge in [0.1, 0.15) is 0 Å². The lowest BCUT2D eigenvalue weighted by Crippen LogP contribution is -2.45. The molecule has 0 saturated heterocycles. The predicted molar refractivity (Wildman–Crippen MR) is 277 cm³/mol. The number of unbranched alkanes of at least 4 members (excludes halogenated alkanes) is 42. The van der Waals surface area contributed by atoms with Crippen LogP contribution < -0.4 is 11.1 Å². The number of carbonyl (C=O) groups is 1. The van der Waals surface area contributed by atoms with E-state index in [1.54, 1.807) is 6.08 Å². The van der Waals surface area contributed by atoms with Crippen LogP contribution in [0.25, 0.3) is 0 Å². The fraction of sp³-hybridized carbons (Fsp3) is 0.945. The second-order valence-electron chi connectivity index (χ2n) is 19.5. The Kier molecular flexibility index (Phi) is 51.0. The third-order valence-corrected chi connectivity index (χ3v) is 14.1. The highest BCUT2D eigenvalue weighted by Crippen LogP contribution is 2.43. The number of aliphatic hydroxyl groups excluding tert-OH is 1. The van der Waals surface area contributed by atoms with Crippen LogP contribution in [0.2, 0.25) is 0 Å². The van der Waals surface area contributed by atoms with Crippen molar-refractivity contribution in [1.82, 2.24) is 5.32 Å². The van der Waals surface area contributed by atoms with Crippen LogP contribution in [0.15, 0.2) is 12.2 Å². The summed E-state index contributed by atoms with van der Waals surface area (Å²) in [5, 5.41) is 13.6. The molecule has 0 radical (unpaired) electrons. The number of amides is 1. The van der Waals surface area contributed by atoms with Crippen molar-refractivity contribution in [3.8, 4) is 0 Å². The van der Waals surface area contributed by atoms with Crippen LogP contribution in [-0.4, -0.2) is 47.8 Å². The number of rotatable bonds is 54. The monoisotopic (exact) mass is 927 g/mol. The minimum absolute atomic E-state index is 0.0812. The van der Waals surface area contributed by atoms with Gasteiger partial charge in [-0.15, -0.1) is 0 Å². The van der Waals surface area contributed by atoms with Crippen LogP contribution in [0, 0.1) is 0 Å². The number of hydrogen-bond donors (Lipinski definition) is 4. The molecule has 0 aromatic heterocycles. The van der Waals surface area contributed by atoms with E-state index < -0.39 is 20.0 Å². The largest absolute Gasteiger partial charge is 0.472 e. The lowest BCUT2D eigenvalue weighted by atomic mass is 10.0. The number of hydrogen-bond acceptors (Lipinski definition) is 6. The van der Waals surface area contributed by atoms with Crippen LogP contribution in [0.4, 0.5) is 0 Å². The van der Waals surface area contributed by atoms with Crippen molar-refractivity contribution in [2.45, 2.75) is 315 Å². The van der Waals surface area contributed by atoms with Crippen LogP contribution >= 0.6 is 7.82 Å². The second kappa shape index (κ2) is 51.6. The van der Waals surface area contributed by atoms with Crippen molar-refractivity contribution in [3.63, 3.8) is 0 Å². The summed E-state index contributed by atoms with van der Waals surface area (Å²) in [5.41, 5.74) is 5.38. The minimum atomic E-state index is -4.33. The van der Waals surface area contributed by atoms with Gasteiger partial charge in [-0.3, -0.25) is 13.8 Å². The Labute approximate surface area is 398 Å². The van der Waals surface area contributed by atoms with Crippen molar-refractivity contribution >= 4 is 13.7 Å². The van der Waals surface area contributed by atoms with Gasteiger partial charge in [0.05, 0.1) is 25.4 Å². The number of allylic oxidation sites excluding steroid dienone is 1. The molecule has 0 fully saturated rings. The molecule has 0 bridgehead atoms. The number of nitrogens with one attached hydrogen (secondary N) is 1. The molecule has 0 aliphatic rings. The van der Waals surface area contributed by atoms with E-state index in [4.69, 9.17) is 14.8 Å². The fourth-order valence-electron chi connectivity index (χ4n) is 8.84. The number of aliphatic hydroxyl groups is 1. The van der Waals surface area contributed by atoms with Crippen LogP contribution in [0.5, 0.6) is 0 Å². The van der Waals surface area contributed by atoms with Crippen molar-refractivity contribution in [1.29, 1.82) is 0 Å². The fourth-order valence-corrected chi connectivity index (χ4v) is 9.60. The minimum Gasteiger partial charge on any atom is -0.387 e.